The van der Waals surface area contributed by atoms with Crippen molar-refractivity contribution in [2.45, 2.75) is 24.1 Å². The molecule has 102 valence electrons. The van der Waals surface area contributed by atoms with Crippen LogP contribution < -0.4 is 0 Å². The Labute approximate surface area is 118 Å². The normalized spacial score (nSPS) is 25.5. The van der Waals surface area contributed by atoms with E-state index < -0.39 is 5.97 Å². The second kappa shape index (κ2) is 3.99. The average Bonchev–Trinajstić information content (AvgIpc) is 3.07. The maximum absolute atomic E-state index is 12.1. The van der Waals surface area contributed by atoms with Crippen LogP contribution >= 0.6 is 11.8 Å². The van der Waals surface area contributed by atoms with E-state index in [9.17, 15) is 9.59 Å². The number of nitrogens with zero attached hydrogens (tertiary/aromatic N) is 3. The zero-order chi connectivity index (χ0) is 13.9. The van der Waals surface area contributed by atoms with Crippen LogP contribution in [0.15, 0.2) is 23.4 Å². The molecular weight excluding hydrogens is 278 g/mol. The monoisotopic (exact) mass is 289 g/mol. The lowest BCUT2D eigenvalue weighted by molar-refractivity contribution is -0.142. The first-order chi connectivity index (χ1) is 9.65. The van der Waals surface area contributed by atoms with Gasteiger partial charge < -0.3 is 5.11 Å². The summed E-state index contributed by atoms with van der Waals surface area (Å²) in [6.07, 6.45) is 3.97. The van der Waals surface area contributed by atoms with Gasteiger partial charge in [-0.2, -0.15) is 5.10 Å². The van der Waals surface area contributed by atoms with Crippen LogP contribution in [0.25, 0.3) is 6.08 Å². The van der Waals surface area contributed by atoms with Gasteiger partial charge in [-0.05, 0) is 18.6 Å². The van der Waals surface area contributed by atoms with Gasteiger partial charge >= 0.3 is 5.97 Å². The zero-order valence-electron chi connectivity index (χ0n) is 10.4. The van der Waals surface area contributed by atoms with Gasteiger partial charge in [-0.1, -0.05) is 6.08 Å². The third kappa shape index (κ3) is 1.49. The molecule has 4 heterocycles. The van der Waals surface area contributed by atoms with E-state index >= 15 is 0 Å². The number of β-lactam (4-membered cyclic amide) rings is 1. The van der Waals surface area contributed by atoms with E-state index in [1.807, 2.05) is 22.5 Å². The van der Waals surface area contributed by atoms with Gasteiger partial charge in [-0.15, -0.1) is 11.8 Å². The molecule has 0 bridgehead atoms. The molecule has 0 saturated carbocycles. The number of aliphatic carboxylic acids is 1. The van der Waals surface area contributed by atoms with Crippen molar-refractivity contribution in [1.29, 1.82) is 0 Å². The van der Waals surface area contributed by atoms with Crippen LogP contribution in [0.1, 0.15) is 17.8 Å². The van der Waals surface area contributed by atoms with Gasteiger partial charge in [-0.3, -0.25) is 14.4 Å². The van der Waals surface area contributed by atoms with Crippen LogP contribution in [0.3, 0.4) is 0 Å². The highest BCUT2D eigenvalue weighted by atomic mass is 32.2. The first-order valence-electron chi connectivity index (χ1n) is 6.28. The molecule has 3 aliphatic heterocycles. The van der Waals surface area contributed by atoms with Crippen molar-refractivity contribution >= 4 is 29.7 Å². The molecule has 1 fully saturated rings. The van der Waals surface area contributed by atoms with E-state index in [1.54, 1.807) is 12.2 Å². The van der Waals surface area contributed by atoms with Crippen molar-refractivity contribution in [2.24, 2.45) is 0 Å². The summed E-state index contributed by atoms with van der Waals surface area (Å²) in [4.78, 5) is 24.4. The van der Waals surface area contributed by atoms with Crippen LogP contribution in [0, 0.1) is 0 Å². The summed E-state index contributed by atoms with van der Waals surface area (Å²) in [6, 6.07) is 1.86. The predicted octanol–water partition coefficient (Wildman–Crippen LogP) is 1.05. The van der Waals surface area contributed by atoms with E-state index in [-0.39, 0.29) is 17.6 Å². The highest BCUT2D eigenvalue weighted by Gasteiger charge is 2.48. The number of carbonyl (C=O) groups excluding carboxylic acids is 1. The van der Waals surface area contributed by atoms with Gasteiger partial charge in [0.15, 0.2) is 0 Å². The molecule has 0 aromatic carbocycles. The van der Waals surface area contributed by atoms with E-state index in [0.717, 1.165) is 17.3 Å². The molecule has 4 rings (SSSR count). The number of amides is 1. The number of hydrogen-bond donors (Lipinski definition) is 1. The molecule has 6 nitrogen and oxygen atoms in total. The van der Waals surface area contributed by atoms with Crippen LogP contribution in [0.2, 0.25) is 0 Å². The molecule has 0 aliphatic carbocycles. The van der Waals surface area contributed by atoms with Gasteiger partial charge in [0.2, 0.25) is 0 Å². The first kappa shape index (κ1) is 11.8. The molecule has 1 amide bonds. The number of aromatic nitrogens is 2. The van der Waals surface area contributed by atoms with Gasteiger partial charge in [-0.25, -0.2) is 4.79 Å². The highest BCUT2D eigenvalue weighted by Crippen LogP contribution is 2.39. The summed E-state index contributed by atoms with van der Waals surface area (Å²) in [7, 11) is 0. The second-order valence-electron chi connectivity index (χ2n) is 4.96. The van der Waals surface area contributed by atoms with Gasteiger partial charge in [0, 0.05) is 17.0 Å². The predicted molar refractivity (Wildman–Crippen MR) is 72.5 cm³/mol. The Morgan fingerprint density at radius 3 is 3.15 bits per heavy atom. The summed E-state index contributed by atoms with van der Waals surface area (Å²) in [5, 5.41) is 13.4. The van der Waals surface area contributed by atoms with E-state index in [4.69, 9.17) is 5.11 Å². The number of fused-ring (bicyclic) bond motifs is 2. The number of carboxylic acids is 1. The molecular formula is C13H11N3O3S. The lowest BCUT2D eigenvalue weighted by Crippen LogP contribution is -2.52. The minimum Gasteiger partial charge on any atom is -0.477 e. The molecule has 1 aromatic rings. The highest BCUT2D eigenvalue weighted by molar-refractivity contribution is 7.97. The summed E-state index contributed by atoms with van der Waals surface area (Å²) < 4.78 is 1.94. The maximum atomic E-state index is 12.1. The van der Waals surface area contributed by atoms with Crippen molar-refractivity contribution in [3.63, 3.8) is 0 Å². The lowest BCUT2D eigenvalue weighted by atomic mass is 9.93. The quantitative estimate of drug-likeness (QED) is 0.650. The Bertz CT molecular complexity index is 682. The summed E-state index contributed by atoms with van der Waals surface area (Å²) in [6.45, 7) is 0. The summed E-state index contributed by atoms with van der Waals surface area (Å²) in [5.74, 6) is 0.540. The second-order valence-corrected chi connectivity index (χ2v) is 5.91. The Morgan fingerprint density at radius 1 is 1.55 bits per heavy atom. The Kier molecular flexibility index (Phi) is 2.35. The van der Waals surface area contributed by atoms with Crippen molar-refractivity contribution in [3.8, 4) is 0 Å². The molecule has 7 heteroatoms. The topological polar surface area (TPSA) is 75.4 Å². The third-order valence-corrected chi connectivity index (χ3v) is 4.73. The standard InChI is InChI=1S/C13H11N3O3S/c17-12-9(10-1-2-11(13(18)19)16(10)12)4-7-3-8-5-20-6-15(8)14-7/h2-4,10H,1,5-6H2,(H,18,19). The lowest BCUT2D eigenvalue weighted by Gasteiger charge is -2.38. The Morgan fingerprint density at radius 2 is 2.40 bits per heavy atom. The maximum Gasteiger partial charge on any atom is 0.352 e. The van der Waals surface area contributed by atoms with Crippen LogP contribution in [-0.2, 0) is 21.2 Å². The van der Waals surface area contributed by atoms with Crippen LogP contribution in [0.4, 0.5) is 0 Å². The molecule has 3 aliphatic rings. The Balaban J connectivity index is 1.61. The summed E-state index contributed by atoms with van der Waals surface area (Å²) in [5.41, 5.74) is 2.70. The number of carbonyl (C=O) groups is 2. The fourth-order valence-electron chi connectivity index (χ4n) is 2.85. The molecule has 0 radical (unpaired) electrons. The van der Waals surface area contributed by atoms with Crippen molar-refractivity contribution in [3.05, 3.63) is 34.8 Å². The van der Waals surface area contributed by atoms with E-state index in [1.165, 1.54) is 10.6 Å². The van der Waals surface area contributed by atoms with E-state index in [2.05, 4.69) is 5.10 Å². The molecule has 1 N–H and O–H groups in total. The molecule has 1 atom stereocenters. The molecule has 1 saturated heterocycles. The smallest absolute Gasteiger partial charge is 0.352 e. The molecule has 1 unspecified atom stereocenters. The zero-order valence-corrected chi connectivity index (χ0v) is 11.3. The van der Waals surface area contributed by atoms with Gasteiger partial charge in [0.25, 0.3) is 5.91 Å². The van der Waals surface area contributed by atoms with Gasteiger partial charge in [0.05, 0.1) is 17.6 Å². The van der Waals surface area contributed by atoms with Crippen molar-refractivity contribution in [2.75, 3.05) is 0 Å². The fourth-order valence-corrected chi connectivity index (χ4v) is 3.78. The van der Waals surface area contributed by atoms with E-state index in [0.29, 0.717) is 12.0 Å². The molecule has 20 heavy (non-hydrogen) atoms. The molecule has 1 aromatic heterocycles. The van der Waals surface area contributed by atoms with Crippen molar-refractivity contribution < 1.29 is 14.7 Å². The Hall–Kier alpha value is -2.02. The summed E-state index contributed by atoms with van der Waals surface area (Å²) >= 11 is 1.81. The van der Waals surface area contributed by atoms with Crippen molar-refractivity contribution in [1.82, 2.24) is 14.7 Å². The minimum atomic E-state index is -1.04. The number of thioether (sulfide) groups is 1. The minimum absolute atomic E-state index is 0.0980. The number of carboxylic acid groups (broad SMARTS) is 1. The third-order valence-electron chi connectivity index (χ3n) is 3.80. The molecule has 0 spiro atoms. The fraction of sp³-hybridized carbons (Fsp3) is 0.308. The largest absolute Gasteiger partial charge is 0.477 e. The number of hydrogen-bond acceptors (Lipinski definition) is 4. The number of rotatable bonds is 2. The van der Waals surface area contributed by atoms with Gasteiger partial charge in [0.1, 0.15) is 5.70 Å². The first-order valence-corrected chi connectivity index (χ1v) is 7.43. The van der Waals surface area contributed by atoms with Crippen LogP contribution in [-0.4, -0.2) is 37.7 Å². The SMILES string of the molecule is O=C(O)C1=CCC2C(=Cc3cc4n(n3)CSC4)C(=O)N12. The van der Waals surface area contributed by atoms with Crippen LogP contribution in [0.5, 0.6) is 0 Å². The average molecular weight is 289 g/mol.